The first-order valence-electron chi connectivity index (χ1n) is 10.6. The van der Waals surface area contributed by atoms with Gasteiger partial charge in [0.1, 0.15) is 0 Å². The molecule has 0 aromatic carbocycles. The van der Waals surface area contributed by atoms with Crippen LogP contribution < -0.4 is 0 Å². The van der Waals surface area contributed by atoms with E-state index in [-0.39, 0.29) is 6.61 Å². The highest BCUT2D eigenvalue weighted by Gasteiger charge is 2.26. The lowest BCUT2D eigenvalue weighted by atomic mass is 9.88. The highest BCUT2D eigenvalue weighted by Crippen LogP contribution is 2.26. The first kappa shape index (κ1) is 25.3. The van der Waals surface area contributed by atoms with Crippen LogP contribution >= 0.6 is 0 Å². The second kappa shape index (κ2) is 15.4. The molecule has 1 saturated carbocycles. The Labute approximate surface area is 160 Å². The molecule has 0 bridgehead atoms. The number of piperazine rings is 1. The van der Waals surface area contributed by atoms with Crippen molar-refractivity contribution in [2.75, 3.05) is 32.8 Å². The normalized spacial score (nSPS) is 22.4. The summed E-state index contributed by atoms with van der Waals surface area (Å²) in [6.07, 6.45) is 8.73. The molecule has 0 aromatic heterocycles. The van der Waals surface area contributed by atoms with Crippen molar-refractivity contribution in [3.05, 3.63) is 11.8 Å². The number of allylic oxidation sites excluding steroid dienone is 1. The van der Waals surface area contributed by atoms with Crippen molar-refractivity contribution in [1.82, 2.24) is 9.80 Å². The lowest BCUT2D eigenvalue weighted by molar-refractivity contribution is -0.119. The third kappa shape index (κ3) is 9.86. The van der Waals surface area contributed by atoms with Gasteiger partial charge < -0.3 is 9.64 Å². The Bertz CT molecular complexity index is 358. The molecule has 156 valence electrons. The van der Waals surface area contributed by atoms with Gasteiger partial charge in [0.2, 0.25) is 0 Å². The third-order valence-corrected chi connectivity index (χ3v) is 5.08. The van der Waals surface area contributed by atoms with Crippen LogP contribution in [0, 0.1) is 5.92 Å². The van der Waals surface area contributed by atoms with Gasteiger partial charge in [-0.05, 0) is 38.7 Å². The van der Waals surface area contributed by atoms with Crippen LogP contribution in [0.5, 0.6) is 0 Å². The second-order valence-electron chi connectivity index (χ2n) is 6.73. The molecule has 26 heavy (non-hydrogen) atoms. The van der Waals surface area contributed by atoms with E-state index in [0.717, 1.165) is 31.2 Å². The highest BCUT2D eigenvalue weighted by molar-refractivity contribution is 5.00. The average molecular weight is 377 g/mol. The molecule has 2 fully saturated rings. The summed E-state index contributed by atoms with van der Waals surface area (Å²) < 4.78 is 28.3. The molecule has 1 aliphatic heterocycles. The molecule has 1 atom stereocenters. The van der Waals surface area contributed by atoms with Crippen LogP contribution in [0.15, 0.2) is 11.8 Å². The Morgan fingerprint density at radius 2 is 1.69 bits per heavy atom. The topological polar surface area (TPSA) is 15.7 Å². The summed E-state index contributed by atoms with van der Waals surface area (Å²) in [5.74, 6) is 0.874. The Hall–Kier alpha value is -0.680. The average Bonchev–Trinajstić information content (AvgIpc) is 2.67. The predicted molar refractivity (Wildman–Crippen MR) is 108 cm³/mol. The molecular formula is C21H42F2N2O. The maximum atomic E-state index is 12.0. The van der Waals surface area contributed by atoms with Crippen molar-refractivity contribution in [2.45, 2.75) is 86.3 Å². The number of hydrogen-bond donors (Lipinski definition) is 0. The van der Waals surface area contributed by atoms with Crippen LogP contribution in [-0.4, -0.2) is 55.2 Å². The summed E-state index contributed by atoms with van der Waals surface area (Å²) in [6, 6.07) is 0.523. The second-order valence-corrected chi connectivity index (χ2v) is 6.73. The zero-order chi connectivity index (χ0) is 19.9. The lowest BCUT2D eigenvalue weighted by Crippen LogP contribution is -2.52. The highest BCUT2D eigenvalue weighted by atomic mass is 19.3. The van der Waals surface area contributed by atoms with Gasteiger partial charge in [0, 0.05) is 37.9 Å². The van der Waals surface area contributed by atoms with Gasteiger partial charge in [-0.25, -0.2) is 0 Å². The molecule has 1 saturated heterocycles. The van der Waals surface area contributed by atoms with E-state index in [9.17, 15) is 8.78 Å². The van der Waals surface area contributed by atoms with Gasteiger partial charge in [-0.15, -0.1) is 0 Å². The van der Waals surface area contributed by atoms with Crippen LogP contribution in [0.25, 0.3) is 0 Å². The van der Waals surface area contributed by atoms with Gasteiger partial charge in [-0.3, -0.25) is 4.90 Å². The maximum Gasteiger partial charge on any atom is 0.345 e. The third-order valence-electron chi connectivity index (χ3n) is 5.08. The zero-order valence-corrected chi connectivity index (χ0v) is 17.9. The number of rotatable bonds is 6. The van der Waals surface area contributed by atoms with E-state index < -0.39 is 6.61 Å². The largest absolute Gasteiger partial charge is 0.372 e. The quantitative estimate of drug-likeness (QED) is 0.585. The molecule has 1 unspecified atom stereocenters. The van der Waals surface area contributed by atoms with Gasteiger partial charge >= 0.3 is 6.61 Å². The van der Waals surface area contributed by atoms with Crippen molar-refractivity contribution < 1.29 is 13.5 Å². The van der Waals surface area contributed by atoms with Crippen LogP contribution in [0.2, 0.25) is 0 Å². The molecule has 2 rings (SSSR count). The molecule has 2 aliphatic rings. The number of halogens is 2. The van der Waals surface area contributed by atoms with Crippen molar-refractivity contribution in [2.24, 2.45) is 5.92 Å². The minimum absolute atomic E-state index is 0.0137. The number of nitrogens with zero attached hydrogens (tertiary/aromatic N) is 2. The van der Waals surface area contributed by atoms with Gasteiger partial charge in [-0.2, -0.15) is 8.78 Å². The van der Waals surface area contributed by atoms with E-state index in [2.05, 4.69) is 21.5 Å². The van der Waals surface area contributed by atoms with E-state index in [0.29, 0.717) is 6.04 Å². The van der Waals surface area contributed by atoms with E-state index in [4.69, 9.17) is 0 Å². The predicted octanol–water partition coefficient (Wildman–Crippen LogP) is 5.77. The van der Waals surface area contributed by atoms with Gasteiger partial charge in [0.05, 0.1) is 6.61 Å². The molecular weight excluding hydrogens is 334 g/mol. The molecule has 0 amide bonds. The van der Waals surface area contributed by atoms with E-state index in [1.165, 1.54) is 38.6 Å². The van der Waals surface area contributed by atoms with Crippen LogP contribution in [0.4, 0.5) is 8.78 Å². The van der Waals surface area contributed by atoms with E-state index in [1.807, 2.05) is 34.6 Å². The Morgan fingerprint density at radius 1 is 1.08 bits per heavy atom. The van der Waals surface area contributed by atoms with Crippen LogP contribution in [-0.2, 0) is 4.74 Å². The summed E-state index contributed by atoms with van der Waals surface area (Å²) >= 11 is 0. The Kier molecular flexibility index (Phi) is 15.0. The standard InChI is InChI=1S/C17H30F2N2O.2C2H6/c1-14(8-11-22-17(18)19)20-9-10-21(15(2)12-20)13-16-6-4-3-5-7-16;2*1-2/h8,15-17H,3-7,9-13H2,1-2H3;2*1-2H3/b14-8+;;. The molecule has 3 nitrogen and oxygen atoms in total. The Balaban J connectivity index is 0.00000146. The van der Waals surface area contributed by atoms with Crippen molar-refractivity contribution in [1.29, 1.82) is 0 Å². The monoisotopic (exact) mass is 376 g/mol. The van der Waals surface area contributed by atoms with E-state index >= 15 is 0 Å². The fourth-order valence-corrected chi connectivity index (χ4v) is 3.66. The first-order valence-corrected chi connectivity index (χ1v) is 10.6. The van der Waals surface area contributed by atoms with Crippen molar-refractivity contribution >= 4 is 0 Å². The molecule has 5 heteroatoms. The van der Waals surface area contributed by atoms with Gasteiger partial charge in [0.25, 0.3) is 0 Å². The van der Waals surface area contributed by atoms with Gasteiger partial charge in [0.15, 0.2) is 0 Å². The number of ether oxygens (including phenoxy) is 1. The fraction of sp³-hybridized carbons (Fsp3) is 0.905. The SMILES string of the molecule is C/C(=C\COC(F)F)N1CCN(CC2CCCCC2)C(C)C1.CC.CC. The maximum absolute atomic E-state index is 12.0. The van der Waals surface area contributed by atoms with Crippen LogP contribution in [0.1, 0.15) is 73.6 Å². The fourth-order valence-electron chi connectivity index (χ4n) is 3.66. The lowest BCUT2D eigenvalue weighted by Gasteiger charge is -2.43. The van der Waals surface area contributed by atoms with Crippen molar-refractivity contribution in [3.8, 4) is 0 Å². The van der Waals surface area contributed by atoms with Crippen LogP contribution in [0.3, 0.4) is 0 Å². The molecule has 0 aromatic rings. The first-order chi connectivity index (χ1) is 12.6. The number of hydrogen-bond acceptors (Lipinski definition) is 3. The summed E-state index contributed by atoms with van der Waals surface area (Å²) in [5.41, 5.74) is 1.05. The van der Waals surface area contributed by atoms with Crippen molar-refractivity contribution in [3.63, 3.8) is 0 Å². The summed E-state index contributed by atoms with van der Waals surface area (Å²) in [6.45, 7) is 13.8. The van der Waals surface area contributed by atoms with Gasteiger partial charge in [-0.1, -0.05) is 47.0 Å². The summed E-state index contributed by atoms with van der Waals surface area (Å²) in [4.78, 5) is 4.90. The van der Waals surface area contributed by atoms with E-state index in [1.54, 1.807) is 6.08 Å². The smallest absolute Gasteiger partial charge is 0.345 e. The molecule has 0 spiro atoms. The Morgan fingerprint density at radius 3 is 2.23 bits per heavy atom. The summed E-state index contributed by atoms with van der Waals surface area (Å²) in [7, 11) is 0. The minimum atomic E-state index is -2.68. The summed E-state index contributed by atoms with van der Waals surface area (Å²) in [5, 5.41) is 0. The molecule has 1 aliphatic carbocycles. The molecule has 1 heterocycles. The minimum Gasteiger partial charge on any atom is -0.372 e. The molecule has 0 N–H and O–H groups in total. The zero-order valence-electron chi connectivity index (χ0n) is 17.9. The number of alkyl halides is 2. The molecule has 0 radical (unpaired) electrons.